The first-order valence-corrected chi connectivity index (χ1v) is 6.93. The molecule has 108 valence electrons. The molecule has 1 aromatic carbocycles. The maximum atomic E-state index is 12.3. The summed E-state index contributed by atoms with van der Waals surface area (Å²) in [6.07, 6.45) is -0.561. The van der Waals surface area contributed by atoms with Gasteiger partial charge in [0.25, 0.3) is 5.91 Å². The molecule has 0 N–H and O–H groups in total. The Morgan fingerprint density at radius 3 is 2.60 bits per heavy atom. The van der Waals surface area contributed by atoms with E-state index in [0.717, 1.165) is 0 Å². The molecule has 5 nitrogen and oxygen atoms in total. The van der Waals surface area contributed by atoms with Gasteiger partial charge < -0.3 is 9.64 Å². The molecule has 1 heterocycles. The van der Waals surface area contributed by atoms with Crippen LogP contribution in [0.15, 0.2) is 24.3 Å². The van der Waals surface area contributed by atoms with E-state index < -0.39 is 6.10 Å². The molecule has 1 aliphatic heterocycles. The summed E-state index contributed by atoms with van der Waals surface area (Å²) in [7, 11) is 0. The van der Waals surface area contributed by atoms with E-state index in [0.29, 0.717) is 24.5 Å². The van der Waals surface area contributed by atoms with E-state index in [2.05, 4.69) is 0 Å². The maximum absolute atomic E-state index is 12.3. The molecule has 0 bridgehead atoms. The molecule has 1 atom stereocenters. The number of carbonyl (C=O) groups excluding carboxylic acids is 2. The van der Waals surface area contributed by atoms with Crippen molar-refractivity contribution >= 4 is 17.5 Å². The average Bonchev–Trinajstić information content (AvgIpc) is 2.45. The number of benzene rings is 1. The number of ether oxygens (including phenoxy) is 1. The van der Waals surface area contributed by atoms with Gasteiger partial charge in [0, 0.05) is 13.1 Å². The van der Waals surface area contributed by atoms with Gasteiger partial charge in [-0.25, -0.2) is 0 Å². The predicted molar refractivity (Wildman–Crippen MR) is 76.8 cm³/mol. The molecule has 0 unspecified atom stereocenters. The Balaban J connectivity index is 2.26. The van der Waals surface area contributed by atoms with Gasteiger partial charge in [0.15, 0.2) is 6.10 Å². The summed E-state index contributed by atoms with van der Waals surface area (Å²) in [5, 5.41) is 0. The van der Waals surface area contributed by atoms with Crippen LogP contribution in [0.2, 0.25) is 0 Å². The number of amides is 2. The summed E-state index contributed by atoms with van der Waals surface area (Å²) in [5.41, 5.74) is 0.663. The van der Waals surface area contributed by atoms with Gasteiger partial charge in [0.05, 0.1) is 5.69 Å². The minimum Gasteiger partial charge on any atom is -0.479 e. The molecule has 20 heavy (non-hydrogen) atoms. The predicted octanol–water partition coefficient (Wildman–Crippen LogP) is 1.67. The minimum absolute atomic E-state index is 0.0488. The van der Waals surface area contributed by atoms with Crippen LogP contribution in [0.4, 0.5) is 5.69 Å². The van der Waals surface area contributed by atoms with Crippen LogP contribution in [0.25, 0.3) is 0 Å². The van der Waals surface area contributed by atoms with Crippen molar-refractivity contribution in [3.05, 3.63) is 24.3 Å². The summed E-state index contributed by atoms with van der Waals surface area (Å²) in [4.78, 5) is 27.7. The second kappa shape index (κ2) is 5.94. The van der Waals surface area contributed by atoms with Crippen molar-refractivity contribution in [3.8, 4) is 5.75 Å². The fourth-order valence-corrected chi connectivity index (χ4v) is 2.33. The summed E-state index contributed by atoms with van der Waals surface area (Å²) in [6, 6.07) is 7.30. The number of fused-ring (bicyclic) bond motifs is 1. The van der Waals surface area contributed by atoms with Gasteiger partial charge >= 0.3 is 0 Å². The first kappa shape index (κ1) is 14.4. The number of nitrogens with zero attached hydrogens (tertiary/aromatic N) is 2. The normalized spacial score (nSPS) is 17.4. The van der Waals surface area contributed by atoms with E-state index in [4.69, 9.17) is 4.74 Å². The summed E-state index contributed by atoms with van der Waals surface area (Å²) < 4.78 is 5.55. The van der Waals surface area contributed by atoms with Crippen molar-refractivity contribution in [1.82, 2.24) is 4.90 Å². The smallest absolute Gasteiger partial charge is 0.268 e. The molecule has 0 radical (unpaired) electrons. The Morgan fingerprint density at radius 1 is 1.30 bits per heavy atom. The van der Waals surface area contributed by atoms with E-state index in [1.54, 1.807) is 17.9 Å². The molecule has 0 aliphatic carbocycles. The molecule has 2 amide bonds. The van der Waals surface area contributed by atoms with Crippen molar-refractivity contribution in [1.29, 1.82) is 0 Å². The first-order valence-electron chi connectivity index (χ1n) is 6.93. The molecule has 0 fully saturated rings. The summed E-state index contributed by atoms with van der Waals surface area (Å²) >= 11 is 0. The Kier molecular flexibility index (Phi) is 4.27. The first-order chi connectivity index (χ1) is 9.58. The molecule has 1 aromatic rings. The van der Waals surface area contributed by atoms with E-state index in [1.165, 1.54) is 4.90 Å². The van der Waals surface area contributed by atoms with Crippen molar-refractivity contribution in [2.45, 2.75) is 26.9 Å². The molecule has 0 aromatic heterocycles. The van der Waals surface area contributed by atoms with E-state index in [-0.39, 0.29) is 18.4 Å². The van der Waals surface area contributed by atoms with Crippen LogP contribution in [-0.2, 0) is 9.59 Å². The van der Waals surface area contributed by atoms with Crippen LogP contribution in [0, 0.1) is 0 Å². The standard InChI is InChI=1S/C15H20N2O3/c1-4-16(5-2)14(18)10-17-12-8-6-7-9-13(12)20-11(3)15(17)19/h6-9,11H,4-5,10H2,1-3H3/t11-/m1/s1. The second-order valence-electron chi connectivity index (χ2n) is 4.72. The average molecular weight is 276 g/mol. The molecular formula is C15H20N2O3. The lowest BCUT2D eigenvalue weighted by atomic mass is 10.2. The number of hydrogen-bond acceptors (Lipinski definition) is 3. The molecular weight excluding hydrogens is 256 g/mol. The zero-order valence-corrected chi connectivity index (χ0v) is 12.1. The van der Waals surface area contributed by atoms with Gasteiger partial charge in [-0.3, -0.25) is 14.5 Å². The number of anilines is 1. The van der Waals surface area contributed by atoms with Crippen LogP contribution < -0.4 is 9.64 Å². The van der Waals surface area contributed by atoms with Crippen molar-refractivity contribution < 1.29 is 14.3 Å². The molecule has 1 aliphatic rings. The molecule has 0 spiro atoms. The third kappa shape index (κ3) is 2.61. The highest BCUT2D eigenvalue weighted by Gasteiger charge is 2.33. The van der Waals surface area contributed by atoms with Crippen LogP contribution >= 0.6 is 0 Å². The van der Waals surface area contributed by atoms with Gasteiger partial charge in [0.1, 0.15) is 12.3 Å². The highest BCUT2D eigenvalue weighted by atomic mass is 16.5. The highest BCUT2D eigenvalue weighted by molar-refractivity contribution is 6.03. The van der Waals surface area contributed by atoms with Crippen LogP contribution in [0.3, 0.4) is 0 Å². The lowest BCUT2D eigenvalue weighted by Gasteiger charge is -2.33. The zero-order chi connectivity index (χ0) is 14.7. The quantitative estimate of drug-likeness (QED) is 0.840. The SMILES string of the molecule is CCN(CC)C(=O)CN1C(=O)[C@@H](C)Oc2ccccc21. The molecule has 2 rings (SSSR count). The second-order valence-corrected chi connectivity index (χ2v) is 4.72. The highest BCUT2D eigenvalue weighted by Crippen LogP contribution is 2.33. The van der Waals surface area contributed by atoms with Crippen molar-refractivity contribution in [2.24, 2.45) is 0 Å². The number of rotatable bonds is 4. The summed E-state index contributed by atoms with van der Waals surface area (Å²) in [6.45, 7) is 6.91. The third-order valence-electron chi connectivity index (χ3n) is 3.48. The zero-order valence-electron chi connectivity index (χ0n) is 12.1. The number of para-hydroxylation sites is 2. The number of hydrogen-bond donors (Lipinski definition) is 0. The Bertz CT molecular complexity index is 512. The van der Waals surface area contributed by atoms with Gasteiger partial charge in [-0.05, 0) is 32.9 Å². The Hall–Kier alpha value is -2.04. The fraction of sp³-hybridized carbons (Fsp3) is 0.467. The van der Waals surface area contributed by atoms with Gasteiger partial charge in [-0.2, -0.15) is 0 Å². The number of carbonyl (C=O) groups is 2. The van der Waals surface area contributed by atoms with E-state index in [1.807, 2.05) is 32.0 Å². The number of likely N-dealkylation sites (N-methyl/N-ethyl adjacent to an activating group) is 1. The maximum Gasteiger partial charge on any atom is 0.268 e. The van der Waals surface area contributed by atoms with Gasteiger partial charge in [0.2, 0.25) is 5.91 Å². The Labute approximate surface area is 119 Å². The lowest BCUT2D eigenvalue weighted by molar-refractivity contribution is -0.132. The van der Waals surface area contributed by atoms with Crippen LogP contribution in [0.5, 0.6) is 5.75 Å². The van der Waals surface area contributed by atoms with Crippen molar-refractivity contribution in [3.63, 3.8) is 0 Å². The van der Waals surface area contributed by atoms with Gasteiger partial charge in [-0.1, -0.05) is 12.1 Å². The molecule has 0 saturated heterocycles. The monoisotopic (exact) mass is 276 g/mol. The van der Waals surface area contributed by atoms with Crippen molar-refractivity contribution in [2.75, 3.05) is 24.5 Å². The third-order valence-corrected chi connectivity index (χ3v) is 3.48. The van der Waals surface area contributed by atoms with Crippen LogP contribution in [-0.4, -0.2) is 42.5 Å². The Morgan fingerprint density at radius 2 is 1.95 bits per heavy atom. The van der Waals surface area contributed by atoms with E-state index >= 15 is 0 Å². The lowest BCUT2D eigenvalue weighted by Crippen LogP contribution is -2.49. The molecule has 0 saturated carbocycles. The fourth-order valence-electron chi connectivity index (χ4n) is 2.33. The largest absolute Gasteiger partial charge is 0.479 e. The van der Waals surface area contributed by atoms with Gasteiger partial charge in [-0.15, -0.1) is 0 Å². The summed E-state index contributed by atoms with van der Waals surface area (Å²) in [5.74, 6) is 0.420. The molecule has 5 heteroatoms. The van der Waals surface area contributed by atoms with Crippen LogP contribution in [0.1, 0.15) is 20.8 Å². The topological polar surface area (TPSA) is 49.9 Å². The minimum atomic E-state index is -0.561. The van der Waals surface area contributed by atoms with E-state index in [9.17, 15) is 9.59 Å².